The minimum absolute atomic E-state index is 0. The van der Waals surface area contributed by atoms with Gasteiger partial charge in [-0.25, -0.2) is 0 Å². The van der Waals surface area contributed by atoms with Gasteiger partial charge in [-0.2, -0.15) is 0 Å². The van der Waals surface area contributed by atoms with Gasteiger partial charge in [0.1, 0.15) is 0 Å². The number of methoxy groups -OCH3 is 3. The lowest BCUT2D eigenvalue weighted by Crippen LogP contribution is -2.39. The van der Waals surface area contributed by atoms with Crippen LogP contribution in [0, 0.1) is 5.41 Å². The number of nitrogens with zero attached hydrogens (tertiary/aromatic N) is 1. The van der Waals surface area contributed by atoms with Crippen LogP contribution < -0.4 is 19.9 Å². The molecule has 0 heterocycles. The minimum atomic E-state index is -0.0863. The Morgan fingerprint density at radius 2 is 1.64 bits per heavy atom. The van der Waals surface area contributed by atoms with Crippen LogP contribution in [0.15, 0.2) is 12.1 Å². The zero-order chi connectivity index (χ0) is 18.3. The van der Waals surface area contributed by atoms with Crippen LogP contribution in [0.4, 0.5) is 0 Å². The van der Waals surface area contributed by atoms with E-state index in [2.05, 4.69) is 13.8 Å². The van der Waals surface area contributed by atoms with Crippen molar-refractivity contribution in [3.05, 3.63) is 17.7 Å². The Kier molecular flexibility index (Phi) is 9.67. The molecule has 0 bridgehead atoms. The molecule has 6 nitrogen and oxygen atoms in total. The molecule has 0 aliphatic heterocycles. The van der Waals surface area contributed by atoms with Crippen molar-refractivity contribution in [2.45, 2.75) is 26.7 Å². The first-order chi connectivity index (χ1) is 11.3. The number of nitrogens with two attached hydrogens (primary N) is 1. The summed E-state index contributed by atoms with van der Waals surface area (Å²) >= 11 is 0. The van der Waals surface area contributed by atoms with E-state index in [4.69, 9.17) is 19.9 Å². The lowest BCUT2D eigenvalue weighted by molar-refractivity contribution is -0.131. The molecule has 0 aromatic heterocycles. The highest BCUT2D eigenvalue weighted by molar-refractivity contribution is 5.85. The normalized spacial score (nSPS) is 10.7. The number of halogens is 1. The molecule has 1 amide bonds. The molecule has 0 fully saturated rings. The highest BCUT2D eigenvalue weighted by Gasteiger charge is 2.21. The zero-order valence-corrected chi connectivity index (χ0v) is 16.9. The number of amides is 1. The summed E-state index contributed by atoms with van der Waals surface area (Å²) in [6, 6.07) is 3.75. The van der Waals surface area contributed by atoms with Gasteiger partial charge < -0.3 is 24.8 Å². The fourth-order valence-electron chi connectivity index (χ4n) is 2.52. The first-order valence-corrected chi connectivity index (χ1v) is 8.01. The first-order valence-electron chi connectivity index (χ1n) is 8.01. The third kappa shape index (κ3) is 6.63. The molecule has 0 unspecified atom stereocenters. The summed E-state index contributed by atoms with van der Waals surface area (Å²) in [7, 11) is 6.54. The molecule has 2 N–H and O–H groups in total. The van der Waals surface area contributed by atoms with Gasteiger partial charge in [0.15, 0.2) is 11.5 Å². The van der Waals surface area contributed by atoms with Crippen molar-refractivity contribution < 1.29 is 19.0 Å². The Labute approximate surface area is 157 Å². The number of rotatable bonds is 9. The second kappa shape index (κ2) is 10.4. The minimum Gasteiger partial charge on any atom is -0.493 e. The van der Waals surface area contributed by atoms with E-state index in [1.807, 2.05) is 19.2 Å². The fraction of sp³-hybridized carbons (Fsp3) is 0.611. The summed E-state index contributed by atoms with van der Waals surface area (Å²) < 4.78 is 16.0. The molecule has 0 saturated carbocycles. The molecule has 144 valence electrons. The maximum Gasteiger partial charge on any atom is 0.222 e. The average molecular weight is 375 g/mol. The Morgan fingerprint density at radius 3 is 2.04 bits per heavy atom. The van der Waals surface area contributed by atoms with E-state index in [9.17, 15) is 4.79 Å². The predicted octanol–water partition coefficient (Wildman–Crippen LogP) is 2.51. The monoisotopic (exact) mass is 374 g/mol. The molecular formula is C18H31ClN2O4. The molecular weight excluding hydrogens is 344 g/mol. The lowest BCUT2D eigenvalue weighted by Gasteiger charge is -2.29. The van der Waals surface area contributed by atoms with Gasteiger partial charge in [0.25, 0.3) is 0 Å². The summed E-state index contributed by atoms with van der Waals surface area (Å²) in [6.45, 7) is 5.28. The number of carbonyl (C=O) groups is 1. The molecule has 0 aliphatic rings. The van der Waals surface area contributed by atoms with E-state index >= 15 is 0 Å². The van der Waals surface area contributed by atoms with Crippen molar-refractivity contribution in [1.29, 1.82) is 0 Å². The summed E-state index contributed by atoms with van der Waals surface area (Å²) in [6.07, 6.45) is 1.01. The second-order valence-electron chi connectivity index (χ2n) is 6.65. The van der Waals surface area contributed by atoms with Crippen LogP contribution in [0.5, 0.6) is 17.2 Å². The van der Waals surface area contributed by atoms with Gasteiger partial charge in [0.2, 0.25) is 11.7 Å². The lowest BCUT2D eigenvalue weighted by atomic mass is 9.93. The highest BCUT2D eigenvalue weighted by atomic mass is 35.5. The summed E-state index contributed by atoms with van der Waals surface area (Å²) in [5.41, 5.74) is 6.61. The van der Waals surface area contributed by atoms with Gasteiger partial charge in [0.05, 0.1) is 21.3 Å². The SMILES string of the molecule is COc1cc(CCC(=O)N(C)CC(C)(C)CN)cc(OC)c1OC.Cl. The average Bonchev–Trinajstić information content (AvgIpc) is 2.57. The van der Waals surface area contributed by atoms with Crippen LogP contribution in [0.2, 0.25) is 0 Å². The van der Waals surface area contributed by atoms with Crippen LogP contribution >= 0.6 is 12.4 Å². The van der Waals surface area contributed by atoms with E-state index in [-0.39, 0.29) is 23.7 Å². The largest absolute Gasteiger partial charge is 0.493 e. The fourth-order valence-corrected chi connectivity index (χ4v) is 2.52. The van der Waals surface area contributed by atoms with Crippen LogP contribution in [0.25, 0.3) is 0 Å². The molecule has 0 atom stereocenters. The number of ether oxygens (including phenoxy) is 3. The number of benzene rings is 1. The van der Waals surface area contributed by atoms with Crippen LogP contribution in [0.3, 0.4) is 0 Å². The smallest absolute Gasteiger partial charge is 0.222 e. The quantitative estimate of drug-likeness (QED) is 0.718. The molecule has 0 aliphatic carbocycles. The molecule has 1 rings (SSSR count). The molecule has 0 saturated heterocycles. The van der Waals surface area contributed by atoms with Crippen molar-refractivity contribution in [3.8, 4) is 17.2 Å². The van der Waals surface area contributed by atoms with E-state index in [1.54, 1.807) is 26.2 Å². The molecule has 0 spiro atoms. The Hall–Kier alpha value is -1.66. The molecule has 1 aromatic rings. The Morgan fingerprint density at radius 1 is 1.12 bits per heavy atom. The van der Waals surface area contributed by atoms with Gasteiger partial charge >= 0.3 is 0 Å². The van der Waals surface area contributed by atoms with Crippen LogP contribution in [-0.4, -0.2) is 52.3 Å². The van der Waals surface area contributed by atoms with E-state index in [0.29, 0.717) is 43.2 Å². The number of hydrogen-bond donors (Lipinski definition) is 1. The standard InChI is InChI=1S/C18H30N2O4.ClH/c1-18(2,11-19)12-20(3)16(21)8-7-13-9-14(22-4)17(24-6)15(10-13)23-5;/h9-10H,7-8,11-12,19H2,1-6H3;1H. The third-order valence-corrected chi connectivity index (χ3v) is 4.00. The molecule has 7 heteroatoms. The number of hydrogen-bond acceptors (Lipinski definition) is 5. The first kappa shape index (κ1) is 23.3. The van der Waals surface area contributed by atoms with Crippen molar-refractivity contribution in [2.75, 3.05) is 41.5 Å². The van der Waals surface area contributed by atoms with Gasteiger partial charge in [-0.05, 0) is 36.1 Å². The second-order valence-corrected chi connectivity index (χ2v) is 6.65. The maximum atomic E-state index is 12.3. The highest BCUT2D eigenvalue weighted by Crippen LogP contribution is 2.38. The van der Waals surface area contributed by atoms with Gasteiger partial charge in [-0.1, -0.05) is 13.8 Å². The Balaban J connectivity index is 0.00000576. The van der Waals surface area contributed by atoms with Crippen molar-refractivity contribution in [1.82, 2.24) is 4.90 Å². The van der Waals surface area contributed by atoms with E-state index in [1.165, 1.54) is 0 Å². The topological polar surface area (TPSA) is 74.0 Å². The van der Waals surface area contributed by atoms with Gasteiger partial charge in [-0.3, -0.25) is 4.79 Å². The summed E-state index contributed by atoms with van der Waals surface area (Å²) in [5.74, 6) is 1.83. The summed E-state index contributed by atoms with van der Waals surface area (Å²) in [4.78, 5) is 14.1. The van der Waals surface area contributed by atoms with Crippen LogP contribution in [0.1, 0.15) is 25.8 Å². The third-order valence-electron chi connectivity index (χ3n) is 4.00. The van der Waals surface area contributed by atoms with Crippen molar-refractivity contribution in [2.24, 2.45) is 11.1 Å². The van der Waals surface area contributed by atoms with Crippen LogP contribution in [-0.2, 0) is 11.2 Å². The molecule has 25 heavy (non-hydrogen) atoms. The van der Waals surface area contributed by atoms with Crippen molar-refractivity contribution in [3.63, 3.8) is 0 Å². The van der Waals surface area contributed by atoms with E-state index < -0.39 is 0 Å². The molecule has 1 aromatic carbocycles. The zero-order valence-electron chi connectivity index (χ0n) is 16.0. The number of carbonyl (C=O) groups excluding carboxylic acids is 1. The van der Waals surface area contributed by atoms with Gasteiger partial charge in [-0.15, -0.1) is 12.4 Å². The Bertz CT molecular complexity index is 539. The van der Waals surface area contributed by atoms with E-state index in [0.717, 1.165) is 5.56 Å². The molecule has 0 radical (unpaired) electrons. The maximum absolute atomic E-state index is 12.3. The van der Waals surface area contributed by atoms with Gasteiger partial charge in [0, 0.05) is 20.0 Å². The number of aryl methyl sites for hydroxylation is 1. The van der Waals surface area contributed by atoms with Crippen molar-refractivity contribution >= 4 is 18.3 Å². The summed E-state index contributed by atoms with van der Waals surface area (Å²) in [5, 5.41) is 0. The predicted molar refractivity (Wildman–Crippen MR) is 102 cm³/mol.